The van der Waals surface area contributed by atoms with Gasteiger partial charge in [0.25, 0.3) is 0 Å². The van der Waals surface area contributed by atoms with Gasteiger partial charge in [-0.15, -0.1) is 0 Å². The van der Waals surface area contributed by atoms with Crippen molar-refractivity contribution in [3.05, 3.63) is 4.91 Å². The molecule has 0 aliphatic carbocycles. The van der Waals surface area contributed by atoms with Crippen molar-refractivity contribution in [1.29, 1.82) is 0 Å². The largest absolute Gasteiger partial charge is 0.390 e. The topological polar surface area (TPSA) is 69.9 Å². The monoisotopic (exact) mass is 161 g/mol. The first-order chi connectivity index (χ1) is 5.17. The van der Waals surface area contributed by atoms with Crippen molar-refractivity contribution in [1.82, 2.24) is 0 Å². The molecule has 3 unspecified atom stereocenters. The summed E-state index contributed by atoms with van der Waals surface area (Å²) in [4.78, 5) is 10.1. The minimum absolute atomic E-state index is 0.438. The van der Waals surface area contributed by atoms with Gasteiger partial charge in [0, 0.05) is 0 Å². The molecule has 0 aromatic heterocycles. The molecule has 0 aliphatic heterocycles. The maximum Gasteiger partial charge on any atom is 0.120 e. The highest BCUT2D eigenvalue weighted by Crippen LogP contribution is 2.09. The summed E-state index contributed by atoms with van der Waals surface area (Å²) in [5, 5.41) is 21.1. The Labute approximate surface area is 66.2 Å². The van der Waals surface area contributed by atoms with Gasteiger partial charge in [-0.3, -0.25) is 0 Å². The Morgan fingerprint density at radius 1 is 1.27 bits per heavy atom. The fourth-order valence-corrected chi connectivity index (χ4v) is 0.876. The number of rotatable bonds is 5. The van der Waals surface area contributed by atoms with Gasteiger partial charge < -0.3 is 10.2 Å². The van der Waals surface area contributed by atoms with Gasteiger partial charge in [-0.05, 0) is 12.8 Å². The van der Waals surface area contributed by atoms with Crippen LogP contribution in [0, 0.1) is 4.91 Å². The Bertz CT molecular complexity index is 118. The zero-order valence-electron chi connectivity index (χ0n) is 6.90. The van der Waals surface area contributed by atoms with E-state index in [0.717, 1.165) is 0 Å². The Hall–Kier alpha value is -0.480. The van der Waals surface area contributed by atoms with Gasteiger partial charge in [0.15, 0.2) is 0 Å². The van der Waals surface area contributed by atoms with Crippen LogP contribution >= 0.6 is 0 Å². The summed E-state index contributed by atoms with van der Waals surface area (Å²) >= 11 is 0. The Morgan fingerprint density at radius 2 is 1.82 bits per heavy atom. The molecule has 3 atom stereocenters. The fourth-order valence-electron chi connectivity index (χ4n) is 0.876. The van der Waals surface area contributed by atoms with E-state index in [2.05, 4.69) is 5.18 Å². The molecule has 0 saturated heterocycles. The van der Waals surface area contributed by atoms with Gasteiger partial charge in [-0.1, -0.05) is 19.0 Å². The van der Waals surface area contributed by atoms with Crippen LogP contribution < -0.4 is 0 Å². The summed E-state index contributed by atoms with van der Waals surface area (Å²) in [6.07, 6.45) is -0.949. The molecule has 0 fully saturated rings. The molecule has 0 aliphatic rings. The van der Waals surface area contributed by atoms with Crippen LogP contribution in [0.1, 0.15) is 26.7 Å². The quantitative estimate of drug-likeness (QED) is 0.582. The average Bonchev–Trinajstić information content (AvgIpc) is 2.05. The van der Waals surface area contributed by atoms with Gasteiger partial charge in [0.05, 0.1) is 6.10 Å². The van der Waals surface area contributed by atoms with Crippen LogP contribution in [0.25, 0.3) is 0 Å². The molecule has 66 valence electrons. The number of nitroso groups, excluding NO2 is 1. The van der Waals surface area contributed by atoms with Crippen molar-refractivity contribution in [3.8, 4) is 0 Å². The number of hydrogen-bond acceptors (Lipinski definition) is 4. The van der Waals surface area contributed by atoms with Crippen molar-refractivity contribution in [2.45, 2.75) is 44.9 Å². The van der Waals surface area contributed by atoms with Crippen molar-refractivity contribution in [3.63, 3.8) is 0 Å². The van der Waals surface area contributed by atoms with Crippen molar-refractivity contribution >= 4 is 0 Å². The highest BCUT2D eigenvalue weighted by atomic mass is 16.3. The van der Waals surface area contributed by atoms with Gasteiger partial charge in [0.1, 0.15) is 12.1 Å². The third-order valence-electron chi connectivity index (χ3n) is 1.76. The maximum absolute atomic E-state index is 10.1. The SMILES string of the molecule is CCC(O)C(O)C(CC)N=O. The average molecular weight is 161 g/mol. The van der Waals surface area contributed by atoms with Crippen LogP contribution in [0.2, 0.25) is 0 Å². The lowest BCUT2D eigenvalue weighted by molar-refractivity contribution is 0.00196. The number of aliphatic hydroxyl groups is 2. The summed E-state index contributed by atoms with van der Waals surface area (Å²) in [7, 11) is 0. The lowest BCUT2D eigenvalue weighted by Crippen LogP contribution is -2.35. The van der Waals surface area contributed by atoms with Crippen molar-refractivity contribution in [2.24, 2.45) is 5.18 Å². The second kappa shape index (κ2) is 5.21. The summed E-state index contributed by atoms with van der Waals surface area (Å²) < 4.78 is 0. The van der Waals surface area contributed by atoms with Crippen LogP contribution in [0.3, 0.4) is 0 Å². The normalized spacial score (nSPS) is 18.9. The van der Waals surface area contributed by atoms with E-state index >= 15 is 0 Å². The molecular weight excluding hydrogens is 146 g/mol. The van der Waals surface area contributed by atoms with Crippen LogP contribution in [-0.4, -0.2) is 28.5 Å². The summed E-state index contributed by atoms with van der Waals surface area (Å²) in [5.41, 5.74) is 0. The fraction of sp³-hybridized carbons (Fsp3) is 1.00. The standard InChI is InChI=1S/C7H15NO3/c1-3-5(8-11)7(10)6(9)4-2/h5-7,9-10H,3-4H2,1-2H3. The van der Waals surface area contributed by atoms with E-state index in [4.69, 9.17) is 5.11 Å². The summed E-state index contributed by atoms with van der Waals surface area (Å²) in [6, 6.07) is -0.676. The molecular formula is C7H15NO3. The van der Waals surface area contributed by atoms with Gasteiger partial charge >= 0.3 is 0 Å². The first-order valence-corrected chi connectivity index (χ1v) is 3.85. The first kappa shape index (κ1) is 10.5. The van der Waals surface area contributed by atoms with Crippen LogP contribution in [0.5, 0.6) is 0 Å². The third kappa shape index (κ3) is 2.95. The van der Waals surface area contributed by atoms with Crippen LogP contribution in [-0.2, 0) is 0 Å². The summed E-state index contributed by atoms with van der Waals surface area (Å²) in [6.45, 7) is 3.49. The molecule has 0 rings (SSSR count). The summed E-state index contributed by atoms with van der Waals surface area (Å²) in [5.74, 6) is 0. The van der Waals surface area contributed by atoms with Crippen molar-refractivity contribution in [2.75, 3.05) is 0 Å². The van der Waals surface area contributed by atoms with E-state index in [1.807, 2.05) is 0 Å². The minimum Gasteiger partial charge on any atom is -0.390 e. The molecule has 0 aromatic rings. The van der Waals surface area contributed by atoms with Gasteiger partial charge in [0.2, 0.25) is 0 Å². The molecule has 0 bridgehead atoms. The maximum atomic E-state index is 10.1. The highest BCUT2D eigenvalue weighted by molar-refractivity contribution is 4.78. The van der Waals surface area contributed by atoms with E-state index in [0.29, 0.717) is 12.8 Å². The van der Waals surface area contributed by atoms with E-state index in [1.165, 1.54) is 0 Å². The first-order valence-electron chi connectivity index (χ1n) is 3.85. The number of hydrogen-bond donors (Lipinski definition) is 2. The van der Waals surface area contributed by atoms with E-state index in [1.54, 1.807) is 13.8 Å². The third-order valence-corrected chi connectivity index (χ3v) is 1.76. The lowest BCUT2D eigenvalue weighted by Gasteiger charge is -2.19. The highest BCUT2D eigenvalue weighted by Gasteiger charge is 2.24. The Balaban J connectivity index is 3.96. The molecule has 0 aromatic carbocycles. The molecule has 2 N–H and O–H groups in total. The molecule has 0 amide bonds. The van der Waals surface area contributed by atoms with E-state index < -0.39 is 18.2 Å². The zero-order valence-corrected chi connectivity index (χ0v) is 6.90. The molecule has 0 radical (unpaired) electrons. The molecule has 0 heterocycles. The van der Waals surface area contributed by atoms with Gasteiger partial charge in [-0.25, -0.2) is 0 Å². The predicted octanol–water partition coefficient (Wildman–Crippen LogP) is 0.663. The molecule has 0 saturated carbocycles. The van der Waals surface area contributed by atoms with Crippen molar-refractivity contribution < 1.29 is 10.2 Å². The Morgan fingerprint density at radius 3 is 2.09 bits per heavy atom. The molecule has 4 heteroatoms. The Kier molecular flexibility index (Phi) is 4.98. The van der Waals surface area contributed by atoms with Crippen LogP contribution in [0.4, 0.5) is 0 Å². The number of nitrogens with zero attached hydrogens (tertiary/aromatic N) is 1. The second-order valence-corrected chi connectivity index (χ2v) is 2.55. The van der Waals surface area contributed by atoms with E-state index in [-0.39, 0.29) is 0 Å². The molecule has 11 heavy (non-hydrogen) atoms. The predicted molar refractivity (Wildman–Crippen MR) is 42.2 cm³/mol. The number of aliphatic hydroxyl groups excluding tert-OH is 2. The second-order valence-electron chi connectivity index (χ2n) is 2.55. The lowest BCUT2D eigenvalue weighted by atomic mass is 10.0. The zero-order chi connectivity index (χ0) is 8.85. The van der Waals surface area contributed by atoms with E-state index in [9.17, 15) is 10.0 Å². The van der Waals surface area contributed by atoms with Crippen LogP contribution in [0.15, 0.2) is 5.18 Å². The molecule has 0 spiro atoms. The van der Waals surface area contributed by atoms with Gasteiger partial charge in [-0.2, -0.15) is 4.91 Å². The smallest absolute Gasteiger partial charge is 0.120 e. The molecule has 4 nitrogen and oxygen atoms in total. The minimum atomic E-state index is -1.01.